The van der Waals surface area contributed by atoms with E-state index in [-0.39, 0.29) is 12.5 Å². The Morgan fingerprint density at radius 2 is 2.16 bits per heavy atom. The highest BCUT2D eigenvalue weighted by atomic mass is 32.1. The number of carboxylic acid groups (broad SMARTS) is 1. The molecule has 0 saturated heterocycles. The molecule has 1 aromatic rings. The van der Waals surface area contributed by atoms with E-state index in [0.29, 0.717) is 13.0 Å². The van der Waals surface area contributed by atoms with Crippen molar-refractivity contribution in [1.82, 2.24) is 10.2 Å². The Morgan fingerprint density at radius 3 is 2.68 bits per heavy atom. The summed E-state index contributed by atoms with van der Waals surface area (Å²) in [6.45, 7) is 4.20. The number of aliphatic carboxylic acids is 1. The molecule has 0 aromatic carbocycles. The second kappa shape index (κ2) is 6.56. The molecule has 2 amide bonds. The first-order chi connectivity index (χ1) is 8.80. The lowest BCUT2D eigenvalue weighted by atomic mass is 9.99. The van der Waals surface area contributed by atoms with E-state index in [1.165, 1.54) is 0 Å². The van der Waals surface area contributed by atoms with Crippen LogP contribution in [0.1, 0.15) is 32.3 Å². The van der Waals surface area contributed by atoms with Crippen LogP contribution in [0.5, 0.6) is 0 Å². The molecule has 0 unspecified atom stereocenters. The number of thiophene rings is 1. The highest BCUT2D eigenvalue weighted by Gasteiger charge is 2.23. The summed E-state index contributed by atoms with van der Waals surface area (Å²) in [6, 6.07) is 1.78. The molecule has 0 aliphatic carbocycles. The Hall–Kier alpha value is -1.56. The quantitative estimate of drug-likeness (QED) is 0.843. The van der Waals surface area contributed by atoms with Gasteiger partial charge in [-0.2, -0.15) is 11.3 Å². The van der Waals surface area contributed by atoms with Gasteiger partial charge in [-0.1, -0.05) is 0 Å². The number of urea groups is 1. The highest BCUT2D eigenvalue weighted by Crippen LogP contribution is 2.13. The number of nitrogens with zero attached hydrogens (tertiary/aromatic N) is 1. The maximum absolute atomic E-state index is 12.0. The Kier molecular flexibility index (Phi) is 5.35. The number of carbonyl (C=O) groups is 2. The fourth-order valence-corrected chi connectivity index (χ4v) is 2.25. The molecule has 106 valence electrons. The SMILES string of the molecule is CN(Cc1ccsc1)C(=O)NC(C)(C)CCC(=O)O. The molecule has 0 aliphatic heterocycles. The summed E-state index contributed by atoms with van der Waals surface area (Å²) in [4.78, 5) is 24.1. The Morgan fingerprint density at radius 1 is 1.47 bits per heavy atom. The predicted octanol–water partition coefficient (Wildman–Crippen LogP) is 2.53. The van der Waals surface area contributed by atoms with E-state index >= 15 is 0 Å². The molecule has 19 heavy (non-hydrogen) atoms. The highest BCUT2D eigenvalue weighted by molar-refractivity contribution is 7.07. The molecule has 1 aromatic heterocycles. The fourth-order valence-electron chi connectivity index (χ4n) is 1.60. The molecule has 1 heterocycles. The van der Waals surface area contributed by atoms with Gasteiger partial charge in [0, 0.05) is 25.6 Å². The average Bonchev–Trinajstić information content (AvgIpc) is 2.78. The van der Waals surface area contributed by atoms with Gasteiger partial charge in [0.05, 0.1) is 0 Å². The number of nitrogens with one attached hydrogen (secondary N) is 1. The zero-order valence-electron chi connectivity index (χ0n) is 11.5. The summed E-state index contributed by atoms with van der Waals surface area (Å²) < 4.78 is 0. The van der Waals surface area contributed by atoms with Gasteiger partial charge in [0.25, 0.3) is 0 Å². The molecular formula is C13H20N2O3S. The van der Waals surface area contributed by atoms with Crippen molar-refractivity contribution in [3.8, 4) is 0 Å². The first-order valence-corrected chi connectivity index (χ1v) is 7.00. The summed E-state index contributed by atoms with van der Waals surface area (Å²) in [5.41, 5.74) is 0.559. The van der Waals surface area contributed by atoms with E-state index in [1.807, 2.05) is 30.7 Å². The van der Waals surface area contributed by atoms with Gasteiger partial charge in [0.2, 0.25) is 0 Å². The minimum absolute atomic E-state index is 0.0432. The summed E-state index contributed by atoms with van der Waals surface area (Å²) in [5.74, 6) is -0.853. The first-order valence-electron chi connectivity index (χ1n) is 6.06. The van der Waals surface area contributed by atoms with E-state index in [9.17, 15) is 9.59 Å². The average molecular weight is 284 g/mol. The van der Waals surface area contributed by atoms with Gasteiger partial charge >= 0.3 is 12.0 Å². The zero-order chi connectivity index (χ0) is 14.5. The molecular weight excluding hydrogens is 264 g/mol. The molecule has 0 fully saturated rings. The van der Waals surface area contributed by atoms with Gasteiger partial charge in [-0.3, -0.25) is 4.79 Å². The van der Waals surface area contributed by atoms with Crippen molar-refractivity contribution in [2.75, 3.05) is 7.05 Å². The Bertz CT molecular complexity index is 429. The van der Waals surface area contributed by atoms with Gasteiger partial charge < -0.3 is 15.3 Å². The molecule has 0 bridgehead atoms. The smallest absolute Gasteiger partial charge is 0.317 e. The monoisotopic (exact) mass is 284 g/mol. The summed E-state index contributed by atoms with van der Waals surface area (Å²) in [7, 11) is 1.72. The van der Waals surface area contributed by atoms with Crippen molar-refractivity contribution in [3.05, 3.63) is 22.4 Å². The lowest BCUT2D eigenvalue weighted by Crippen LogP contribution is -2.48. The van der Waals surface area contributed by atoms with Crippen molar-refractivity contribution >= 4 is 23.3 Å². The van der Waals surface area contributed by atoms with E-state index in [1.54, 1.807) is 23.3 Å². The number of carbonyl (C=O) groups excluding carboxylic acids is 1. The van der Waals surface area contributed by atoms with Crippen LogP contribution in [0, 0.1) is 0 Å². The largest absolute Gasteiger partial charge is 0.481 e. The molecule has 0 atom stereocenters. The Balaban J connectivity index is 2.46. The predicted molar refractivity (Wildman–Crippen MR) is 75.3 cm³/mol. The van der Waals surface area contributed by atoms with Crippen molar-refractivity contribution < 1.29 is 14.7 Å². The number of amides is 2. The van der Waals surface area contributed by atoms with Crippen LogP contribution in [-0.4, -0.2) is 34.6 Å². The summed E-state index contributed by atoms with van der Waals surface area (Å²) in [5, 5.41) is 15.5. The molecule has 0 saturated carbocycles. The standard InChI is InChI=1S/C13H20N2O3S/c1-13(2,6-4-11(16)17)14-12(18)15(3)8-10-5-7-19-9-10/h5,7,9H,4,6,8H2,1-3H3,(H,14,18)(H,16,17). The maximum Gasteiger partial charge on any atom is 0.317 e. The van der Waals surface area contributed by atoms with Crippen molar-refractivity contribution in [1.29, 1.82) is 0 Å². The molecule has 6 heteroatoms. The number of rotatable bonds is 6. The van der Waals surface area contributed by atoms with Crippen molar-refractivity contribution in [2.45, 2.75) is 38.8 Å². The van der Waals surface area contributed by atoms with Crippen LogP contribution >= 0.6 is 11.3 Å². The number of carboxylic acids is 1. The molecule has 0 radical (unpaired) electrons. The van der Waals surface area contributed by atoms with Crippen LogP contribution in [0.2, 0.25) is 0 Å². The molecule has 5 nitrogen and oxygen atoms in total. The van der Waals surface area contributed by atoms with Gasteiger partial charge in [0.15, 0.2) is 0 Å². The minimum atomic E-state index is -0.853. The summed E-state index contributed by atoms with van der Waals surface area (Å²) in [6.07, 6.45) is 0.446. The third kappa shape index (κ3) is 5.74. The fraction of sp³-hybridized carbons (Fsp3) is 0.538. The molecule has 0 aliphatic rings. The number of hydrogen-bond acceptors (Lipinski definition) is 3. The molecule has 2 N–H and O–H groups in total. The van der Waals surface area contributed by atoms with Crippen LogP contribution in [0.4, 0.5) is 4.79 Å². The maximum atomic E-state index is 12.0. The van der Waals surface area contributed by atoms with Crippen LogP contribution in [-0.2, 0) is 11.3 Å². The first kappa shape index (κ1) is 15.5. The normalized spacial score (nSPS) is 11.1. The van der Waals surface area contributed by atoms with Crippen molar-refractivity contribution in [3.63, 3.8) is 0 Å². The van der Waals surface area contributed by atoms with Gasteiger partial charge in [-0.25, -0.2) is 4.79 Å². The Labute approximate surface area is 117 Å². The van der Waals surface area contributed by atoms with Crippen LogP contribution in [0.3, 0.4) is 0 Å². The molecule has 0 spiro atoms. The third-order valence-corrected chi connectivity index (χ3v) is 3.49. The van der Waals surface area contributed by atoms with Gasteiger partial charge in [0.1, 0.15) is 0 Å². The van der Waals surface area contributed by atoms with Gasteiger partial charge in [-0.15, -0.1) is 0 Å². The molecule has 1 rings (SSSR count). The second-order valence-corrected chi connectivity index (χ2v) is 5.98. The second-order valence-electron chi connectivity index (χ2n) is 5.20. The lowest BCUT2D eigenvalue weighted by Gasteiger charge is -2.28. The minimum Gasteiger partial charge on any atom is -0.481 e. The third-order valence-electron chi connectivity index (χ3n) is 2.76. The van der Waals surface area contributed by atoms with Crippen LogP contribution in [0.15, 0.2) is 16.8 Å². The van der Waals surface area contributed by atoms with E-state index < -0.39 is 11.5 Å². The topological polar surface area (TPSA) is 69.6 Å². The van der Waals surface area contributed by atoms with E-state index in [2.05, 4.69) is 5.32 Å². The summed E-state index contributed by atoms with van der Waals surface area (Å²) >= 11 is 1.59. The van der Waals surface area contributed by atoms with Gasteiger partial charge in [-0.05, 0) is 42.7 Å². The lowest BCUT2D eigenvalue weighted by molar-refractivity contribution is -0.137. The van der Waals surface area contributed by atoms with Crippen LogP contribution in [0.25, 0.3) is 0 Å². The number of hydrogen-bond donors (Lipinski definition) is 2. The van der Waals surface area contributed by atoms with E-state index in [4.69, 9.17) is 5.11 Å². The van der Waals surface area contributed by atoms with E-state index in [0.717, 1.165) is 5.56 Å². The zero-order valence-corrected chi connectivity index (χ0v) is 12.3. The van der Waals surface area contributed by atoms with Crippen LogP contribution < -0.4 is 5.32 Å². The van der Waals surface area contributed by atoms with Crippen molar-refractivity contribution in [2.24, 2.45) is 0 Å².